The first kappa shape index (κ1) is 15.3. The van der Waals surface area contributed by atoms with Crippen LogP contribution >= 0.6 is 0 Å². The van der Waals surface area contributed by atoms with Gasteiger partial charge in [0.1, 0.15) is 0 Å². The number of carbonyl (C=O) groups is 2. The predicted molar refractivity (Wildman–Crippen MR) is 90.4 cm³/mol. The summed E-state index contributed by atoms with van der Waals surface area (Å²) < 4.78 is 0. The summed E-state index contributed by atoms with van der Waals surface area (Å²) in [5.74, 6) is -0.0267. The summed E-state index contributed by atoms with van der Waals surface area (Å²) in [4.78, 5) is 26.0. The second kappa shape index (κ2) is 5.88. The second-order valence-corrected chi connectivity index (χ2v) is 6.18. The van der Waals surface area contributed by atoms with Gasteiger partial charge >= 0.3 is 0 Å². The Hall–Kier alpha value is -2.62. The van der Waals surface area contributed by atoms with E-state index in [1.54, 1.807) is 38.4 Å². The fourth-order valence-electron chi connectivity index (χ4n) is 2.73. The minimum absolute atomic E-state index is 0.0235. The van der Waals surface area contributed by atoms with Gasteiger partial charge in [-0.05, 0) is 42.7 Å². The van der Waals surface area contributed by atoms with Crippen LogP contribution in [0, 0.1) is 0 Å². The van der Waals surface area contributed by atoms with E-state index in [1.807, 2.05) is 30.3 Å². The quantitative estimate of drug-likeness (QED) is 0.943. The Morgan fingerprint density at radius 1 is 0.957 bits per heavy atom. The maximum atomic E-state index is 12.6. The Labute approximate surface area is 136 Å². The Morgan fingerprint density at radius 3 is 2.09 bits per heavy atom. The van der Waals surface area contributed by atoms with Crippen molar-refractivity contribution in [2.45, 2.75) is 18.3 Å². The zero-order valence-electron chi connectivity index (χ0n) is 13.4. The highest BCUT2D eigenvalue weighted by Gasteiger charge is 2.51. The van der Waals surface area contributed by atoms with Gasteiger partial charge in [-0.3, -0.25) is 9.59 Å². The van der Waals surface area contributed by atoms with Gasteiger partial charge in [-0.25, -0.2) is 0 Å². The van der Waals surface area contributed by atoms with Gasteiger partial charge in [0.25, 0.3) is 5.91 Å². The minimum atomic E-state index is -0.389. The molecule has 0 bridgehead atoms. The topological polar surface area (TPSA) is 49.4 Å². The Kier molecular flexibility index (Phi) is 3.90. The lowest BCUT2D eigenvalue weighted by Crippen LogP contribution is -2.27. The van der Waals surface area contributed by atoms with Crippen molar-refractivity contribution in [2.24, 2.45) is 0 Å². The van der Waals surface area contributed by atoms with Crippen LogP contribution in [0.2, 0.25) is 0 Å². The fraction of sp³-hybridized carbons (Fsp3) is 0.263. The summed E-state index contributed by atoms with van der Waals surface area (Å²) in [5, 5.41) is 2.97. The molecule has 0 saturated heterocycles. The number of hydrogen-bond donors (Lipinski definition) is 1. The number of hydrogen-bond acceptors (Lipinski definition) is 2. The molecule has 0 heterocycles. The molecule has 118 valence electrons. The zero-order valence-corrected chi connectivity index (χ0v) is 13.4. The lowest BCUT2D eigenvalue weighted by Gasteiger charge is -2.16. The third-order valence-corrected chi connectivity index (χ3v) is 4.31. The van der Waals surface area contributed by atoms with Crippen LogP contribution in [0.15, 0.2) is 54.6 Å². The van der Waals surface area contributed by atoms with E-state index in [2.05, 4.69) is 5.32 Å². The lowest BCUT2D eigenvalue weighted by atomic mass is 9.95. The SMILES string of the molecule is CN(C)C(=O)c1ccc(NC(=O)C2(c3ccccc3)CC2)cc1. The molecule has 0 aliphatic heterocycles. The number of anilines is 1. The van der Waals surface area contributed by atoms with Gasteiger partial charge in [0.15, 0.2) is 0 Å². The third kappa shape index (κ3) is 2.97. The van der Waals surface area contributed by atoms with E-state index in [0.29, 0.717) is 11.3 Å². The summed E-state index contributed by atoms with van der Waals surface area (Å²) in [6.07, 6.45) is 1.75. The molecule has 23 heavy (non-hydrogen) atoms. The van der Waals surface area contributed by atoms with E-state index >= 15 is 0 Å². The van der Waals surface area contributed by atoms with Crippen LogP contribution in [0.4, 0.5) is 5.69 Å². The number of rotatable bonds is 4. The summed E-state index contributed by atoms with van der Waals surface area (Å²) in [6, 6.07) is 16.9. The average Bonchev–Trinajstić information content (AvgIpc) is 3.37. The maximum Gasteiger partial charge on any atom is 0.253 e. The summed E-state index contributed by atoms with van der Waals surface area (Å²) >= 11 is 0. The van der Waals surface area contributed by atoms with E-state index in [-0.39, 0.29) is 17.2 Å². The van der Waals surface area contributed by atoms with E-state index < -0.39 is 0 Å². The van der Waals surface area contributed by atoms with E-state index in [4.69, 9.17) is 0 Å². The van der Waals surface area contributed by atoms with Gasteiger partial charge < -0.3 is 10.2 Å². The zero-order chi connectivity index (χ0) is 16.4. The van der Waals surface area contributed by atoms with Gasteiger partial charge in [0, 0.05) is 25.3 Å². The Balaban J connectivity index is 1.73. The molecule has 2 amide bonds. The molecule has 1 fully saturated rings. The van der Waals surface area contributed by atoms with Gasteiger partial charge in [-0.1, -0.05) is 30.3 Å². The van der Waals surface area contributed by atoms with Crippen molar-refractivity contribution in [3.8, 4) is 0 Å². The van der Waals surface area contributed by atoms with Gasteiger partial charge in [-0.2, -0.15) is 0 Å². The van der Waals surface area contributed by atoms with Crippen LogP contribution in [0.25, 0.3) is 0 Å². The molecule has 1 aliphatic carbocycles. The van der Waals surface area contributed by atoms with Gasteiger partial charge in [-0.15, -0.1) is 0 Å². The number of nitrogens with zero attached hydrogens (tertiary/aromatic N) is 1. The molecule has 0 radical (unpaired) electrons. The van der Waals surface area contributed by atoms with Crippen LogP contribution < -0.4 is 5.32 Å². The molecule has 0 aromatic heterocycles. The normalized spacial score (nSPS) is 14.9. The van der Waals surface area contributed by atoms with Crippen molar-refractivity contribution in [2.75, 3.05) is 19.4 Å². The highest BCUT2D eigenvalue weighted by Crippen LogP contribution is 2.48. The molecule has 1 saturated carbocycles. The molecule has 3 rings (SSSR count). The second-order valence-electron chi connectivity index (χ2n) is 6.18. The smallest absolute Gasteiger partial charge is 0.253 e. The van der Waals surface area contributed by atoms with Crippen LogP contribution in [0.5, 0.6) is 0 Å². The molecule has 1 N–H and O–H groups in total. The van der Waals surface area contributed by atoms with Crippen molar-refractivity contribution in [3.63, 3.8) is 0 Å². The highest BCUT2D eigenvalue weighted by molar-refractivity contribution is 6.02. The predicted octanol–water partition coefficient (Wildman–Crippen LogP) is 3.06. The molecule has 0 atom stereocenters. The summed E-state index contributed by atoms with van der Waals surface area (Å²) in [6.45, 7) is 0. The molecule has 4 nitrogen and oxygen atoms in total. The first-order chi connectivity index (χ1) is 11.0. The number of nitrogens with one attached hydrogen (secondary N) is 1. The number of carbonyl (C=O) groups excluding carboxylic acids is 2. The van der Waals surface area contributed by atoms with Crippen LogP contribution in [0.3, 0.4) is 0 Å². The Morgan fingerprint density at radius 2 is 1.57 bits per heavy atom. The molecular weight excluding hydrogens is 288 g/mol. The lowest BCUT2D eigenvalue weighted by molar-refractivity contribution is -0.118. The average molecular weight is 308 g/mol. The van der Waals surface area contributed by atoms with E-state index in [0.717, 1.165) is 18.4 Å². The summed E-state index contributed by atoms with van der Waals surface area (Å²) in [5.41, 5.74) is 2.00. The standard InChI is InChI=1S/C19H20N2O2/c1-21(2)17(22)14-8-10-16(11-9-14)20-18(23)19(12-13-19)15-6-4-3-5-7-15/h3-11H,12-13H2,1-2H3,(H,20,23). The highest BCUT2D eigenvalue weighted by atomic mass is 16.2. The van der Waals surface area contributed by atoms with Crippen LogP contribution in [0.1, 0.15) is 28.8 Å². The van der Waals surface area contributed by atoms with Crippen LogP contribution in [-0.2, 0) is 10.2 Å². The first-order valence-electron chi connectivity index (χ1n) is 7.72. The number of benzene rings is 2. The van der Waals surface area contributed by atoms with Crippen molar-refractivity contribution in [1.29, 1.82) is 0 Å². The van der Waals surface area contributed by atoms with Crippen molar-refractivity contribution in [3.05, 3.63) is 65.7 Å². The Bertz CT molecular complexity index is 717. The third-order valence-electron chi connectivity index (χ3n) is 4.31. The first-order valence-corrected chi connectivity index (χ1v) is 7.72. The fourth-order valence-corrected chi connectivity index (χ4v) is 2.73. The molecule has 2 aromatic carbocycles. The molecular formula is C19H20N2O2. The maximum absolute atomic E-state index is 12.6. The van der Waals surface area contributed by atoms with E-state index in [9.17, 15) is 9.59 Å². The van der Waals surface area contributed by atoms with Crippen molar-refractivity contribution >= 4 is 17.5 Å². The van der Waals surface area contributed by atoms with Gasteiger partial charge in [0.2, 0.25) is 5.91 Å². The van der Waals surface area contributed by atoms with Crippen molar-refractivity contribution in [1.82, 2.24) is 4.90 Å². The van der Waals surface area contributed by atoms with Crippen molar-refractivity contribution < 1.29 is 9.59 Å². The molecule has 0 spiro atoms. The molecule has 1 aliphatic rings. The minimum Gasteiger partial charge on any atom is -0.345 e. The van der Waals surface area contributed by atoms with E-state index in [1.165, 1.54) is 4.90 Å². The molecule has 4 heteroatoms. The number of amides is 2. The largest absolute Gasteiger partial charge is 0.345 e. The van der Waals surface area contributed by atoms with Gasteiger partial charge in [0.05, 0.1) is 5.41 Å². The molecule has 2 aromatic rings. The van der Waals surface area contributed by atoms with Crippen LogP contribution in [-0.4, -0.2) is 30.8 Å². The molecule has 0 unspecified atom stereocenters. The monoisotopic (exact) mass is 308 g/mol. The summed E-state index contributed by atoms with van der Waals surface area (Å²) in [7, 11) is 3.43.